The molecule has 1 aromatic carbocycles. The Morgan fingerprint density at radius 2 is 1.62 bits per heavy atom. The number of nitrogen functional groups attached to an aromatic ring is 1. The van der Waals surface area contributed by atoms with Crippen molar-refractivity contribution in [3.63, 3.8) is 0 Å². The van der Waals surface area contributed by atoms with Gasteiger partial charge in [-0.1, -0.05) is 11.6 Å². The molecule has 2 N–H and O–H groups in total. The first-order valence-corrected chi connectivity index (χ1v) is 2.68. The molecular weight excluding hydrogens is 133 g/mol. The molecule has 0 fully saturated rings. The molecule has 1 aromatic rings. The third kappa shape index (κ3) is 1.14. The van der Waals surface area contributed by atoms with E-state index in [1.165, 1.54) is 0 Å². The Bertz CT molecular complexity index is 147. The minimum Gasteiger partial charge on any atom is -0.399 e. The van der Waals surface area contributed by atoms with Crippen LogP contribution in [0.3, 0.4) is 0 Å². The van der Waals surface area contributed by atoms with Crippen LogP contribution in [0.4, 0.5) is 5.69 Å². The zero-order valence-electron chi connectivity index (χ0n) is 4.26. The fourth-order valence-corrected chi connectivity index (χ4v) is 0.589. The minimum absolute atomic E-state index is 0.721. The monoisotopic (exact) mass is 139 g/mol. The maximum absolute atomic E-state index is 5.56. The normalized spacial score (nSPS) is 9.12. The lowest BCUT2D eigenvalue weighted by Gasteiger charge is -1.88. The third-order valence-corrected chi connectivity index (χ3v) is 1.12. The van der Waals surface area contributed by atoms with E-state index in [0.29, 0.717) is 0 Å². The van der Waals surface area contributed by atoms with E-state index < -0.39 is 0 Å². The molecule has 0 aliphatic carbocycles. The van der Waals surface area contributed by atoms with Gasteiger partial charge >= 0.3 is 0 Å². The molecule has 0 unspecified atom stereocenters. The molecule has 0 heterocycles. The third-order valence-electron chi connectivity index (χ3n) is 0.870. The Labute approximate surface area is 53.1 Å². The van der Waals surface area contributed by atoms with Gasteiger partial charge in [-0.2, -0.15) is 0 Å². The van der Waals surface area contributed by atoms with Crippen molar-refractivity contribution in [2.75, 3.05) is 5.73 Å². The summed E-state index contributed by atoms with van der Waals surface area (Å²) in [5.74, 6) is 0. The van der Waals surface area contributed by atoms with Crippen molar-refractivity contribution in [3.05, 3.63) is 29.3 Å². The van der Waals surface area contributed by atoms with E-state index >= 15 is 0 Å². The summed E-state index contributed by atoms with van der Waals surface area (Å²) in [4.78, 5) is 0. The van der Waals surface area contributed by atoms with Crippen LogP contribution in [0.5, 0.6) is 0 Å². The van der Waals surface area contributed by atoms with Crippen molar-refractivity contribution in [2.45, 2.75) is 0 Å². The first kappa shape index (κ1) is 5.45. The maximum Gasteiger partial charge on any atom is 0.0407 e. The van der Waals surface area contributed by atoms with Crippen molar-refractivity contribution in [1.82, 2.24) is 0 Å². The molecule has 0 bridgehead atoms. The van der Waals surface area contributed by atoms with E-state index in [2.05, 4.69) is 0 Å². The number of hydrogen-bond donors (Lipinski definition) is 1. The van der Waals surface area contributed by atoms with Crippen LogP contribution in [0.1, 0.15) is 0 Å². The predicted octanol–water partition coefficient (Wildman–Crippen LogP) is 1.92. The Morgan fingerprint density at radius 1 is 1.12 bits per heavy atom. The molecule has 42 valence electrons. The zero-order valence-corrected chi connectivity index (χ0v) is 5.02. The van der Waals surface area contributed by atoms with Gasteiger partial charge in [0.25, 0.3) is 0 Å². The summed E-state index contributed by atoms with van der Waals surface area (Å²) in [5.41, 5.74) is 6.11. The summed E-state index contributed by atoms with van der Waals surface area (Å²) in [6, 6.07) is 7.05. The smallest absolute Gasteiger partial charge is 0.0407 e. The van der Waals surface area contributed by atoms with Crippen LogP contribution >= 0.6 is 11.6 Å². The second-order valence-electron chi connectivity index (χ2n) is 1.55. The molecule has 0 aromatic heterocycles. The second kappa shape index (κ2) is 2.05. The first-order chi connectivity index (χ1) is 3.79. The van der Waals surface area contributed by atoms with Gasteiger partial charge in [0.15, 0.2) is 0 Å². The van der Waals surface area contributed by atoms with Crippen molar-refractivity contribution in [1.29, 1.82) is 0 Å². The molecule has 8 heavy (non-hydrogen) atoms. The highest BCUT2D eigenvalue weighted by Gasteiger charge is 1.82. The minimum atomic E-state index is 0.721. The highest BCUT2D eigenvalue weighted by atomic mass is 35.5. The molecule has 0 saturated carbocycles. The fourth-order valence-electron chi connectivity index (χ4n) is 0.463. The number of rotatable bonds is 0. The molecule has 2 heteroatoms. The van der Waals surface area contributed by atoms with Crippen molar-refractivity contribution < 1.29 is 0 Å². The lowest BCUT2D eigenvalue weighted by molar-refractivity contribution is 1.69. The first-order valence-electron chi connectivity index (χ1n) is 2.30. The van der Waals surface area contributed by atoms with Gasteiger partial charge in [-0.15, -0.1) is 0 Å². The predicted molar refractivity (Wildman–Crippen MR) is 35.9 cm³/mol. The van der Waals surface area contributed by atoms with Crippen molar-refractivity contribution in [3.8, 4) is 0 Å². The molecule has 0 aliphatic heterocycles. The number of nitrogens with two attached hydrogens (primary N) is 1. The van der Waals surface area contributed by atoms with E-state index in [9.17, 15) is 0 Å². The number of anilines is 1. The molecular formula is C6H6ClN. The molecule has 0 atom stereocenters. The Kier molecular flexibility index (Phi) is 1.40. The van der Waals surface area contributed by atoms with Gasteiger partial charge in [0.2, 0.25) is 0 Å². The Morgan fingerprint density at radius 3 is 2.00 bits per heavy atom. The number of benzene rings is 1. The van der Waals surface area contributed by atoms with Gasteiger partial charge < -0.3 is 5.73 Å². The molecule has 0 amide bonds. The summed E-state index contributed by atoms with van der Waals surface area (Å²) in [6.07, 6.45) is 0. The van der Waals surface area contributed by atoms with Gasteiger partial charge in [-0.3, -0.25) is 0 Å². The summed E-state index contributed by atoms with van der Waals surface area (Å²) in [6.45, 7) is 0. The lowest BCUT2D eigenvalue weighted by atomic mass is 12.2. The average molecular weight is 140 g/mol. The van der Waals surface area contributed by atoms with Crippen LogP contribution in [0.15, 0.2) is 24.3 Å². The summed E-state index contributed by atoms with van der Waals surface area (Å²) in [7, 11) is 0. The van der Waals surface area contributed by atoms with Crippen LogP contribution < -0.4 is 5.73 Å². The van der Waals surface area contributed by atoms with E-state index in [0.717, 1.165) is 10.7 Å². The summed E-state index contributed by atoms with van der Waals surface area (Å²) < 4.78 is 0. The maximum atomic E-state index is 5.56. The van der Waals surface area contributed by atoms with Crippen LogP contribution in [-0.4, -0.2) is 0 Å². The van der Waals surface area contributed by atoms with Crippen LogP contribution in [0.2, 0.25) is 5.02 Å². The van der Waals surface area contributed by atoms with E-state index in [1.54, 1.807) is 24.3 Å². The molecule has 0 aliphatic rings. The van der Waals surface area contributed by atoms with Crippen molar-refractivity contribution >= 4 is 17.3 Å². The zero-order chi connectivity index (χ0) is 5.98. The topological polar surface area (TPSA) is 26.0 Å². The van der Waals surface area contributed by atoms with Gasteiger partial charge in [-0.25, -0.2) is 0 Å². The quantitative estimate of drug-likeness (QED) is 0.546. The lowest BCUT2D eigenvalue weighted by Crippen LogP contribution is -1.80. The van der Waals surface area contributed by atoms with E-state index in [4.69, 9.17) is 17.3 Å². The SMILES string of the molecule is N[14c]1[14cH][14cH][14c](Cl)[14cH][14cH]1. The second-order valence-corrected chi connectivity index (χ2v) is 1.99. The highest BCUT2D eigenvalue weighted by Crippen LogP contribution is 2.09. The molecule has 0 spiro atoms. The summed E-state index contributed by atoms with van der Waals surface area (Å²) >= 11 is 5.56. The van der Waals surface area contributed by atoms with E-state index in [-0.39, 0.29) is 0 Å². The summed E-state index contributed by atoms with van der Waals surface area (Å²) in [5, 5.41) is 0.721. The standard InChI is InChI=1S/C6H6ClN/c7-5-1-3-6(8)4-2-5/h1-4H,8H2/i1+2,2+2,3+2,4+2,5+2,6+2. The number of halogens is 1. The van der Waals surface area contributed by atoms with Gasteiger partial charge in [0.1, 0.15) is 0 Å². The van der Waals surface area contributed by atoms with E-state index in [1.807, 2.05) is 0 Å². The van der Waals surface area contributed by atoms with Gasteiger partial charge in [0.05, 0.1) is 0 Å². The van der Waals surface area contributed by atoms with Gasteiger partial charge in [-0.05, 0) is 24.3 Å². The highest BCUT2D eigenvalue weighted by molar-refractivity contribution is 6.30. The van der Waals surface area contributed by atoms with Crippen LogP contribution in [0, 0.1) is 0 Å². The Hall–Kier alpha value is -0.690. The molecule has 1 nitrogen and oxygen atoms in total. The van der Waals surface area contributed by atoms with Crippen LogP contribution in [0.25, 0.3) is 0 Å². The number of hydrogen-bond acceptors (Lipinski definition) is 1. The molecule has 0 saturated heterocycles. The fraction of sp³-hybridized carbons (Fsp3) is 0. The largest absolute Gasteiger partial charge is 0.399 e. The van der Waals surface area contributed by atoms with Crippen LogP contribution in [-0.2, 0) is 0 Å². The van der Waals surface area contributed by atoms with Gasteiger partial charge in [0, 0.05) is 10.7 Å². The average Bonchev–Trinajstić information content (AvgIpc) is 1.77. The van der Waals surface area contributed by atoms with Crippen molar-refractivity contribution in [2.24, 2.45) is 0 Å². The molecule has 1 rings (SSSR count). The Balaban J connectivity index is 3.03. The molecule has 0 radical (unpaired) electrons.